The molecule has 0 aliphatic rings. The molecule has 166 valence electrons. The normalized spacial score (nSPS) is 11.0. The number of aryl methyl sites for hydroxylation is 2. The summed E-state index contributed by atoms with van der Waals surface area (Å²) >= 11 is 0. The van der Waals surface area contributed by atoms with Crippen molar-refractivity contribution in [2.75, 3.05) is 20.7 Å². The third kappa shape index (κ3) is 7.27. The van der Waals surface area contributed by atoms with E-state index in [2.05, 4.69) is 74.6 Å². The predicted octanol–water partition coefficient (Wildman–Crippen LogP) is 4.08. The minimum absolute atomic E-state index is 0. The Kier molecular flexibility index (Phi) is 9.84. The topological polar surface area (TPSA) is 63.5 Å². The maximum atomic E-state index is 5.41. The van der Waals surface area contributed by atoms with Gasteiger partial charge in [-0.15, -0.1) is 24.0 Å². The summed E-state index contributed by atoms with van der Waals surface area (Å²) in [5.41, 5.74) is 4.86. The quantitative estimate of drug-likeness (QED) is 0.260. The molecular formula is C24H32IN5O. The van der Waals surface area contributed by atoms with E-state index < -0.39 is 0 Å². The fraction of sp³-hybridized carbons (Fsp3) is 0.333. The second-order valence-electron chi connectivity index (χ2n) is 7.33. The van der Waals surface area contributed by atoms with Crippen LogP contribution in [0.15, 0.2) is 59.9 Å². The van der Waals surface area contributed by atoms with Gasteiger partial charge in [0.25, 0.3) is 0 Å². The standard InChI is InChI=1S/C24H31N5O.HI/c1-18-8-9-20(15-23(18)30-4)10-11-27-24(25-3)28-16-21-6-5-7-22(14-21)17-29-13-12-26-19(29)2;/h5-9,12-15H,10-11,16-17H2,1-4H3,(H2,25,27,28);1H. The van der Waals surface area contributed by atoms with Crippen molar-refractivity contribution in [1.29, 1.82) is 0 Å². The third-order valence-corrected chi connectivity index (χ3v) is 5.13. The molecule has 2 aromatic carbocycles. The fourth-order valence-corrected chi connectivity index (χ4v) is 3.36. The average Bonchev–Trinajstić information content (AvgIpc) is 3.16. The number of ether oxygens (including phenoxy) is 1. The third-order valence-electron chi connectivity index (χ3n) is 5.13. The number of nitrogens with zero attached hydrogens (tertiary/aromatic N) is 3. The van der Waals surface area contributed by atoms with Gasteiger partial charge in [0.1, 0.15) is 11.6 Å². The molecule has 0 fully saturated rings. The first kappa shape index (κ1) is 24.7. The van der Waals surface area contributed by atoms with E-state index >= 15 is 0 Å². The van der Waals surface area contributed by atoms with Crippen molar-refractivity contribution in [2.45, 2.75) is 33.4 Å². The molecular weight excluding hydrogens is 501 g/mol. The number of halogens is 1. The molecule has 0 radical (unpaired) electrons. The van der Waals surface area contributed by atoms with Gasteiger partial charge >= 0.3 is 0 Å². The molecule has 31 heavy (non-hydrogen) atoms. The number of aromatic nitrogens is 2. The van der Waals surface area contributed by atoms with Crippen LogP contribution in [-0.2, 0) is 19.5 Å². The Morgan fingerprint density at radius 1 is 1.06 bits per heavy atom. The number of methoxy groups -OCH3 is 1. The zero-order valence-electron chi connectivity index (χ0n) is 18.7. The van der Waals surface area contributed by atoms with E-state index in [-0.39, 0.29) is 24.0 Å². The van der Waals surface area contributed by atoms with E-state index in [1.165, 1.54) is 16.7 Å². The van der Waals surface area contributed by atoms with Crippen molar-refractivity contribution in [3.8, 4) is 5.75 Å². The van der Waals surface area contributed by atoms with Crippen LogP contribution in [-0.4, -0.2) is 36.2 Å². The molecule has 3 aromatic rings. The van der Waals surface area contributed by atoms with E-state index in [0.29, 0.717) is 0 Å². The zero-order chi connectivity index (χ0) is 21.3. The Morgan fingerprint density at radius 3 is 2.58 bits per heavy atom. The summed E-state index contributed by atoms with van der Waals surface area (Å²) < 4.78 is 7.56. The maximum absolute atomic E-state index is 5.41. The first-order valence-corrected chi connectivity index (χ1v) is 10.2. The minimum Gasteiger partial charge on any atom is -0.496 e. The molecule has 1 heterocycles. The lowest BCUT2D eigenvalue weighted by Crippen LogP contribution is -2.37. The fourth-order valence-electron chi connectivity index (χ4n) is 3.36. The van der Waals surface area contributed by atoms with Crippen LogP contribution >= 0.6 is 24.0 Å². The second-order valence-corrected chi connectivity index (χ2v) is 7.33. The van der Waals surface area contributed by atoms with Gasteiger partial charge in [0.15, 0.2) is 5.96 Å². The van der Waals surface area contributed by atoms with Crippen molar-refractivity contribution in [2.24, 2.45) is 4.99 Å². The monoisotopic (exact) mass is 533 g/mol. The number of guanidine groups is 1. The van der Waals surface area contributed by atoms with Gasteiger partial charge < -0.3 is 19.9 Å². The molecule has 0 unspecified atom stereocenters. The molecule has 0 saturated heterocycles. The van der Waals surface area contributed by atoms with Gasteiger partial charge in [-0.1, -0.05) is 36.4 Å². The summed E-state index contributed by atoms with van der Waals surface area (Å²) in [5.74, 6) is 2.75. The molecule has 0 bridgehead atoms. The summed E-state index contributed by atoms with van der Waals surface area (Å²) in [7, 11) is 3.50. The zero-order valence-corrected chi connectivity index (χ0v) is 21.0. The van der Waals surface area contributed by atoms with Gasteiger partial charge in [-0.05, 0) is 48.6 Å². The van der Waals surface area contributed by atoms with Crippen molar-refractivity contribution in [3.63, 3.8) is 0 Å². The highest BCUT2D eigenvalue weighted by Crippen LogP contribution is 2.19. The van der Waals surface area contributed by atoms with Crippen LogP contribution in [0.2, 0.25) is 0 Å². The Bertz CT molecular complexity index is 999. The highest BCUT2D eigenvalue weighted by Gasteiger charge is 2.04. The molecule has 0 atom stereocenters. The van der Waals surface area contributed by atoms with Crippen molar-refractivity contribution in [1.82, 2.24) is 20.2 Å². The number of benzene rings is 2. The summed E-state index contributed by atoms with van der Waals surface area (Å²) in [6.45, 7) is 6.42. The lowest BCUT2D eigenvalue weighted by atomic mass is 10.1. The van der Waals surface area contributed by atoms with E-state index in [1.807, 2.05) is 19.3 Å². The lowest BCUT2D eigenvalue weighted by Gasteiger charge is -2.13. The summed E-state index contributed by atoms with van der Waals surface area (Å²) in [6, 6.07) is 14.9. The number of hydrogen-bond acceptors (Lipinski definition) is 3. The van der Waals surface area contributed by atoms with Crippen LogP contribution in [0.5, 0.6) is 5.75 Å². The Morgan fingerprint density at radius 2 is 1.87 bits per heavy atom. The first-order chi connectivity index (χ1) is 14.6. The van der Waals surface area contributed by atoms with Gasteiger partial charge in [-0.3, -0.25) is 4.99 Å². The smallest absolute Gasteiger partial charge is 0.191 e. The predicted molar refractivity (Wildman–Crippen MR) is 138 cm³/mol. The van der Waals surface area contributed by atoms with Gasteiger partial charge in [-0.2, -0.15) is 0 Å². The number of aliphatic imine (C=N–C) groups is 1. The number of nitrogens with one attached hydrogen (secondary N) is 2. The van der Waals surface area contributed by atoms with Gasteiger partial charge in [0, 0.05) is 39.1 Å². The van der Waals surface area contributed by atoms with E-state index in [4.69, 9.17) is 4.74 Å². The highest BCUT2D eigenvalue weighted by molar-refractivity contribution is 14.0. The summed E-state index contributed by atoms with van der Waals surface area (Å²) in [5, 5.41) is 6.78. The molecule has 0 amide bonds. The van der Waals surface area contributed by atoms with Crippen molar-refractivity contribution < 1.29 is 4.74 Å². The average molecular weight is 533 g/mol. The maximum Gasteiger partial charge on any atom is 0.191 e. The number of hydrogen-bond donors (Lipinski definition) is 2. The van der Waals surface area contributed by atoms with Crippen molar-refractivity contribution >= 4 is 29.9 Å². The van der Waals surface area contributed by atoms with E-state index in [1.54, 1.807) is 14.2 Å². The second kappa shape index (κ2) is 12.3. The van der Waals surface area contributed by atoms with Gasteiger partial charge in [0.2, 0.25) is 0 Å². The molecule has 1 aromatic heterocycles. The molecule has 2 N–H and O–H groups in total. The van der Waals surface area contributed by atoms with Crippen LogP contribution in [0.25, 0.3) is 0 Å². The highest BCUT2D eigenvalue weighted by atomic mass is 127. The summed E-state index contributed by atoms with van der Waals surface area (Å²) in [6.07, 6.45) is 4.75. The summed E-state index contributed by atoms with van der Waals surface area (Å²) in [4.78, 5) is 8.62. The van der Waals surface area contributed by atoms with Gasteiger partial charge in [0.05, 0.1) is 7.11 Å². The Labute approximate surface area is 202 Å². The van der Waals surface area contributed by atoms with Crippen LogP contribution in [0.1, 0.15) is 28.1 Å². The van der Waals surface area contributed by atoms with E-state index in [0.717, 1.165) is 49.2 Å². The van der Waals surface area contributed by atoms with Crippen molar-refractivity contribution in [3.05, 3.63) is 82.9 Å². The molecule has 0 saturated carbocycles. The Balaban J connectivity index is 0.00000341. The van der Waals surface area contributed by atoms with Crippen LogP contribution in [0, 0.1) is 13.8 Å². The molecule has 7 heteroatoms. The Hall–Kier alpha value is -2.55. The van der Waals surface area contributed by atoms with Gasteiger partial charge in [-0.25, -0.2) is 4.98 Å². The molecule has 0 aliphatic heterocycles. The largest absolute Gasteiger partial charge is 0.496 e. The molecule has 3 rings (SSSR count). The lowest BCUT2D eigenvalue weighted by molar-refractivity contribution is 0.411. The molecule has 0 aliphatic carbocycles. The molecule has 0 spiro atoms. The SMILES string of the molecule is CN=C(NCCc1ccc(C)c(OC)c1)NCc1cccc(Cn2ccnc2C)c1.I. The first-order valence-electron chi connectivity index (χ1n) is 10.2. The van der Waals surface area contributed by atoms with Crippen LogP contribution < -0.4 is 15.4 Å². The van der Waals surface area contributed by atoms with E-state index in [9.17, 15) is 0 Å². The van der Waals surface area contributed by atoms with Crippen LogP contribution in [0.3, 0.4) is 0 Å². The molecule has 6 nitrogen and oxygen atoms in total. The number of imidazole rings is 1. The minimum atomic E-state index is 0. The number of rotatable bonds is 8. The van der Waals surface area contributed by atoms with Crippen LogP contribution in [0.4, 0.5) is 0 Å².